The quantitative estimate of drug-likeness (QED) is 0.549. The molecule has 0 atom stereocenters. The van der Waals surface area contributed by atoms with Crippen LogP contribution in [-0.4, -0.2) is 32.6 Å². The number of aromatic nitrogens is 2. The van der Waals surface area contributed by atoms with Crippen molar-refractivity contribution in [2.24, 2.45) is 0 Å². The Morgan fingerprint density at radius 1 is 0.875 bits per heavy atom. The molecule has 9 heteroatoms. The Balaban J connectivity index is 2.02. The summed E-state index contributed by atoms with van der Waals surface area (Å²) in [6, 6.07) is 13.7. The number of nitrogens with zero attached hydrogens (tertiary/aromatic N) is 2. The molecule has 0 bridgehead atoms. The van der Waals surface area contributed by atoms with Crippen LogP contribution in [0.2, 0.25) is 0 Å². The van der Waals surface area contributed by atoms with Gasteiger partial charge in [-0.2, -0.15) is 4.98 Å². The third-order valence-electron chi connectivity index (χ3n) is 4.68. The molecule has 1 N–H and O–H groups in total. The molecule has 32 heavy (non-hydrogen) atoms. The fourth-order valence-corrected chi connectivity index (χ4v) is 3.97. The van der Waals surface area contributed by atoms with Gasteiger partial charge in [0.2, 0.25) is 5.75 Å². The lowest BCUT2D eigenvalue weighted by molar-refractivity contribution is 0.346. The van der Waals surface area contributed by atoms with Crippen LogP contribution in [0.25, 0.3) is 0 Å². The number of anilines is 1. The van der Waals surface area contributed by atoms with E-state index in [1.54, 1.807) is 55.5 Å². The smallest absolute Gasteiger partial charge is 0.263 e. The number of methoxy groups -OCH3 is 2. The summed E-state index contributed by atoms with van der Waals surface area (Å²) < 4.78 is 45.3. The molecule has 3 rings (SSSR count). The lowest BCUT2D eigenvalue weighted by Gasteiger charge is -2.19. The van der Waals surface area contributed by atoms with Crippen LogP contribution in [0.3, 0.4) is 0 Å². The van der Waals surface area contributed by atoms with Gasteiger partial charge in [-0.05, 0) is 42.2 Å². The van der Waals surface area contributed by atoms with Gasteiger partial charge in [-0.25, -0.2) is 13.4 Å². The fourth-order valence-electron chi connectivity index (χ4n) is 2.97. The zero-order valence-corrected chi connectivity index (χ0v) is 19.8. The van der Waals surface area contributed by atoms with E-state index in [2.05, 4.69) is 35.5 Å². The first-order valence-corrected chi connectivity index (χ1v) is 11.4. The second kappa shape index (κ2) is 9.04. The van der Waals surface area contributed by atoms with E-state index in [1.807, 2.05) is 0 Å². The number of hydrogen-bond donors (Lipinski definition) is 1. The second-order valence-corrected chi connectivity index (χ2v) is 9.77. The highest BCUT2D eigenvalue weighted by Crippen LogP contribution is 2.40. The highest BCUT2D eigenvalue weighted by molar-refractivity contribution is 7.92. The Morgan fingerprint density at radius 2 is 1.50 bits per heavy atom. The predicted molar refractivity (Wildman–Crippen MR) is 122 cm³/mol. The van der Waals surface area contributed by atoms with E-state index < -0.39 is 10.0 Å². The molecule has 0 fully saturated rings. The maximum absolute atomic E-state index is 13.1. The third-order valence-corrected chi connectivity index (χ3v) is 6.04. The monoisotopic (exact) mass is 457 g/mol. The fraction of sp³-hybridized carbons (Fsp3) is 0.304. The van der Waals surface area contributed by atoms with E-state index in [0.717, 1.165) is 5.56 Å². The molecule has 0 saturated heterocycles. The van der Waals surface area contributed by atoms with Gasteiger partial charge >= 0.3 is 0 Å². The molecule has 2 aromatic carbocycles. The Hall–Kier alpha value is -3.33. The summed E-state index contributed by atoms with van der Waals surface area (Å²) in [6.07, 6.45) is 0. The molecule has 0 aliphatic carbocycles. The number of aryl methyl sites for hydroxylation is 1. The topological polar surface area (TPSA) is 99.6 Å². The van der Waals surface area contributed by atoms with Crippen molar-refractivity contribution in [2.75, 3.05) is 18.9 Å². The number of para-hydroxylation sites is 2. The lowest BCUT2D eigenvalue weighted by atomic mass is 9.87. The van der Waals surface area contributed by atoms with Crippen LogP contribution >= 0.6 is 0 Å². The number of rotatable bonds is 7. The van der Waals surface area contributed by atoms with Crippen LogP contribution in [0.1, 0.15) is 32.2 Å². The molecular weight excluding hydrogens is 430 g/mol. The van der Waals surface area contributed by atoms with E-state index in [1.165, 1.54) is 14.2 Å². The molecule has 1 heterocycles. The molecule has 0 aliphatic heterocycles. The number of sulfonamides is 1. The van der Waals surface area contributed by atoms with Crippen LogP contribution in [0, 0.1) is 6.92 Å². The summed E-state index contributed by atoms with van der Waals surface area (Å²) in [5, 5.41) is 0. The largest absolute Gasteiger partial charge is 0.493 e. The summed E-state index contributed by atoms with van der Waals surface area (Å²) in [6.45, 7) is 7.82. The summed E-state index contributed by atoms with van der Waals surface area (Å²) in [4.78, 5) is 8.57. The van der Waals surface area contributed by atoms with Crippen molar-refractivity contribution in [1.82, 2.24) is 9.97 Å². The van der Waals surface area contributed by atoms with Crippen molar-refractivity contribution < 1.29 is 22.6 Å². The van der Waals surface area contributed by atoms with Crippen LogP contribution < -0.4 is 18.9 Å². The van der Waals surface area contributed by atoms with E-state index in [9.17, 15) is 8.42 Å². The van der Waals surface area contributed by atoms with Gasteiger partial charge in [0.15, 0.2) is 17.3 Å². The van der Waals surface area contributed by atoms with Gasteiger partial charge < -0.3 is 14.2 Å². The Kier molecular flexibility index (Phi) is 6.59. The van der Waals surface area contributed by atoms with Gasteiger partial charge in [0.1, 0.15) is 5.82 Å². The molecule has 170 valence electrons. The van der Waals surface area contributed by atoms with Gasteiger partial charge in [-0.15, -0.1) is 0 Å². The van der Waals surface area contributed by atoms with Crippen LogP contribution in [-0.2, 0) is 15.4 Å². The summed E-state index contributed by atoms with van der Waals surface area (Å²) in [5.74, 6) is 1.20. The first kappa shape index (κ1) is 23.3. The van der Waals surface area contributed by atoms with Crippen molar-refractivity contribution in [2.45, 2.75) is 38.0 Å². The standard InChI is InChI=1S/C23H27N3O5S/c1-15-24-21(26-32(27,28)17-13-11-16(12-14-17)23(2,3)4)20(22(25-15)30-6)31-19-10-8-7-9-18(19)29-5/h7-14H,1-6H3,(H,24,25,26). The average molecular weight is 458 g/mol. The molecule has 0 saturated carbocycles. The van der Waals surface area contributed by atoms with Crippen molar-refractivity contribution in [1.29, 1.82) is 0 Å². The number of ether oxygens (including phenoxy) is 3. The van der Waals surface area contributed by atoms with Gasteiger partial charge in [-0.3, -0.25) is 4.72 Å². The minimum atomic E-state index is -3.95. The zero-order chi connectivity index (χ0) is 23.5. The van der Waals surface area contributed by atoms with E-state index in [4.69, 9.17) is 14.2 Å². The lowest BCUT2D eigenvalue weighted by Crippen LogP contribution is -2.17. The molecular formula is C23H27N3O5S. The van der Waals surface area contributed by atoms with Crippen molar-refractivity contribution in [3.63, 3.8) is 0 Å². The van der Waals surface area contributed by atoms with Gasteiger partial charge in [0.05, 0.1) is 19.1 Å². The summed E-state index contributed by atoms with van der Waals surface area (Å²) in [7, 11) is -1.03. The van der Waals surface area contributed by atoms with Crippen LogP contribution in [0.4, 0.5) is 5.82 Å². The molecule has 0 amide bonds. The highest BCUT2D eigenvalue weighted by atomic mass is 32.2. The Labute approximate surface area is 188 Å². The van der Waals surface area contributed by atoms with Crippen molar-refractivity contribution in [3.05, 3.63) is 59.9 Å². The van der Waals surface area contributed by atoms with Crippen molar-refractivity contribution in [3.8, 4) is 23.1 Å². The molecule has 0 aliphatic rings. The van der Waals surface area contributed by atoms with Crippen LogP contribution in [0.15, 0.2) is 53.4 Å². The Morgan fingerprint density at radius 3 is 2.06 bits per heavy atom. The van der Waals surface area contributed by atoms with E-state index >= 15 is 0 Å². The van der Waals surface area contributed by atoms with E-state index in [-0.39, 0.29) is 27.8 Å². The Bertz CT molecular complexity index is 1200. The van der Waals surface area contributed by atoms with Gasteiger partial charge in [0.25, 0.3) is 15.9 Å². The minimum Gasteiger partial charge on any atom is -0.493 e. The molecule has 0 unspecified atom stereocenters. The molecule has 8 nitrogen and oxygen atoms in total. The SMILES string of the molecule is COc1ccccc1Oc1c(NS(=O)(=O)c2ccc(C(C)(C)C)cc2)nc(C)nc1OC. The maximum atomic E-state index is 13.1. The normalized spacial score (nSPS) is 11.7. The maximum Gasteiger partial charge on any atom is 0.263 e. The zero-order valence-electron chi connectivity index (χ0n) is 19.0. The van der Waals surface area contributed by atoms with E-state index in [0.29, 0.717) is 17.3 Å². The summed E-state index contributed by atoms with van der Waals surface area (Å²) >= 11 is 0. The number of benzene rings is 2. The van der Waals surface area contributed by atoms with Gasteiger partial charge in [-0.1, -0.05) is 45.0 Å². The molecule has 0 radical (unpaired) electrons. The third kappa shape index (κ3) is 5.11. The first-order valence-electron chi connectivity index (χ1n) is 9.92. The first-order chi connectivity index (χ1) is 15.0. The second-order valence-electron chi connectivity index (χ2n) is 8.09. The minimum absolute atomic E-state index is 0.0255. The number of hydrogen-bond acceptors (Lipinski definition) is 7. The molecule has 0 spiro atoms. The predicted octanol–water partition coefficient (Wildman–Crippen LogP) is 4.69. The number of nitrogens with one attached hydrogen (secondary N) is 1. The summed E-state index contributed by atoms with van der Waals surface area (Å²) in [5.41, 5.74) is 0.930. The van der Waals surface area contributed by atoms with Gasteiger partial charge in [0, 0.05) is 0 Å². The average Bonchev–Trinajstić information content (AvgIpc) is 2.75. The highest BCUT2D eigenvalue weighted by Gasteiger charge is 2.24. The molecule has 1 aromatic heterocycles. The van der Waals surface area contributed by atoms with Crippen molar-refractivity contribution >= 4 is 15.8 Å². The molecule has 3 aromatic rings. The van der Waals surface area contributed by atoms with Crippen LogP contribution in [0.5, 0.6) is 23.1 Å².